The molecule has 2 N–H and O–H groups in total. The summed E-state index contributed by atoms with van der Waals surface area (Å²) < 4.78 is 5.17. The van der Waals surface area contributed by atoms with Crippen molar-refractivity contribution in [3.05, 3.63) is 69.3 Å². The number of nitrogens with one attached hydrogen (secondary N) is 1. The lowest BCUT2D eigenvalue weighted by Crippen LogP contribution is -2.45. The van der Waals surface area contributed by atoms with E-state index in [0.717, 1.165) is 0 Å². The van der Waals surface area contributed by atoms with E-state index in [-0.39, 0.29) is 17.7 Å². The Hall–Kier alpha value is -3.42. The maximum absolute atomic E-state index is 12.7. The van der Waals surface area contributed by atoms with Crippen molar-refractivity contribution in [2.45, 2.75) is 25.8 Å². The molecular formula is C19H20N2O6. The Kier molecular flexibility index (Phi) is 5.79. The second-order valence-corrected chi connectivity index (χ2v) is 6.35. The van der Waals surface area contributed by atoms with E-state index in [4.69, 9.17) is 4.74 Å². The number of hydrogen-bond donors (Lipinski definition) is 2. The summed E-state index contributed by atoms with van der Waals surface area (Å²) in [6, 6.07) is 10.8. The summed E-state index contributed by atoms with van der Waals surface area (Å²) in [5.41, 5.74) is -0.178. The van der Waals surface area contributed by atoms with Gasteiger partial charge in [-0.3, -0.25) is 19.7 Å². The van der Waals surface area contributed by atoms with Crippen molar-refractivity contribution in [1.82, 2.24) is 5.32 Å². The van der Waals surface area contributed by atoms with Crippen molar-refractivity contribution >= 4 is 17.6 Å². The molecule has 142 valence electrons. The highest BCUT2D eigenvalue weighted by Crippen LogP contribution is 2.29. The molecule has 2 aromatic rings. The van der Waals surface area contributed by atoms with Crippen LogP contribution in [0.25, 0.3) is 0 Å². The zero-order chi connectivity index (χ0) is 20.2. The number of ether oxygens (including phenoxy) is 1. The zero-order valence-corrected chi connectivity index (χ0v) is 15.2. The molecule has 0 saturated heterocycles. The van der Waals surface area contributed by atoms with E-state index in [9.17, 15) is 24.8 Å². The number of aliphatic carboxylic acids is 1. The predicted molar refractivity (Wildman–Crippen MR) is 97.9 cm³/mol. The van der Waals surface area contributed by atoms with E-state index in [0.29, 0.717) is 16.9 Å². The van der Waals surface area contributed by atoms with E-state index >= 15 is 0 Å². The molecule has 2 rings (SSSR count). The smallest absolute Gasteiger partial charge is 0.306 e. The Bertz CT molecular complexity index is 896. The molecule has 0 heterocycles. The van der Waals surface area contributed by atoms with Gasteiger partial charge in [-0.15, -0.1) is 0 Å². The molecule has 1 unspecified atom stereocenters. The minimum atomic E-state index is -1.20. The number of rotatable bonds is 7. The Morgan fingerprint density at radius 3 is 2.52 bits per heavy atom. The molecule has 1 amide bonds. The molecule has 0 saturated carbocycles. The van der Waals surface area contributed by atoms with Crippen molar-refractivity contribution < 1.29 is 24.4 Å². The lowest BCUT2D eigenvalue weighted by molar-refractivity contribution is -0.385. The Labute approximate surface area is 155 Å². The van der Waals surface area contributed by atoms with Crippen LogP contribution in [0.2, 0.25) is 0 Å². The summed E-state index contributed by atoms with van der Waals surface area (Å²) in [6.45, 7) is 3.14. The number of carboxylic acids is 1. The van der Waals surface area contributed by atoms with Gasteiger partial charge in [0.05, 0.1) is 24.0 Å². The van der Waals surface area contributed by atoms with Gasteiger partial charge in [0.2, 0.25) is 0 Å². The van der Waals surface area contributed by atoms with Crippen LogP contribution in [0.15, 0.2) is 42.5 Å². The third-order valence-corrected chi connectivity index (χ3v) is 4.26. The van der Waals surface area contributed by atoms with Crippen LogP contribution >= 0.6 is 0 Å². The van der Waals surface area contributed by atoms with Crippen molar-refractivity contribution in [3.8, 4) is 5.75 Å². The molecular weight excluding hydrogens is 352 g/mol. The number of nitro groups is 1. The van der Waals surface area contributed by atoms with Gasteiger partial charge in [-0.2, -0.15) is 0 Å². The van der Waals surface area contributed by atoms with Gasteiger partial charge in [0.25, 0.3) is 11.6 Å². The second kappa shape index (κ2) is 7.86. The van der Waals surface area contributed by atoms with E-state index < -0.39 is 22.3 Å². The average molecular weight is 372 g/mol. The lowest BCUT2D eigenvalue weighted by atomic mass is 9.88. The van der Waals surface area contributed by atoms with Gasteiger partial charge in [-0.05, 0) is 43.7 Å². The van der Waals surface area contributed by atoms with Crippen LogP contribution in [-0.2, 0) is 10.3 Å². The van der Waals surface area contributed by atoms with Crippen LogP contribution in [0.4, 0.5) is 5.69 Å². The van der Waals surface area contributed by atoms with Crippen molar-refractivity contribution in [2.24, 2.45) is 0 Å². The van der Waals surface area contributed by atoms with Crippen LogP contribution in [0.1, 0.15) is 34.8 Å². The maximum atomic E-state index is 12.7. The van der Waals surface area contributed by atoms with Gasteiger partial charge in [-0.1, -0.05) is 12.1 Å². The standard InChI is InChI=1S/C19H20N2O6/c1-12-9-13(7-8-16(12)21(25)26)18(24)20-19(2,11-17(22)23)14-5-4-6-15(10-14)27-3/h4-10H,11H2,1-3H3,(H,20,24)(H,22,23). The molecule has 0 bridgehead atoms. The van der Waals surface area contributed by atoms with Crippen molar-refractivity contribution in [1.29, 1.82) is 0 Å². The molecule has 27 heavy (non-hydrogen) atoms. The zero-order valence-electron chi connectivity index (χ0n) is 15.2. The largest absolute Gasteiger partial charge is 0.497 e. The molecule has 0 radical (unpaired) electrons. The molecule has 1 atom stereocenters. The van der Waals surface area contributed by atoms with E-state index in [1.165, 1.54) is 32.2 Å². The first kappa shape index (κ1) is 19.9. The molecule has 0 aliphatic rings. The topological polar surface area (TPSA) is 119 Å². The first-order valence-corrected chi connectivity index (χ1v) is 8.10. The molecule has 0 aliphatic heterocycles. The highest BCUT2D eigenvalue weighted by atomic mass is 16.6. The molecule has 8 heteroatoms. The van der Waals surface area contributed by atoms with Gasteiger partial charge >= 0.3 is 5.97 Å². The number of carbonyl (C=O) groups excluding carboxylic acids is 1. The highest BCUT2D eigenvalue weighted by molar-refractivity contribution is 5.95. The van der Waals surface area contributed by atoms with Crippen molar-refractivity contribution in [3.63, 3.8) is 0 Å². The Morgan fingerprint density at radius 1 is 1.26 bits per heavy atom. The maximum Gasteiger partial charge on any atom is 0.306 e. The van der Waals surface area contributed by atoms with Crippen LogP contribution in [0.3, 0.4) is 0 Å². The van der Waals surface area contributed by atoms with E-state index in [1.807, 2.05) is 0 Å². The summed E-state index contributed by atoms with van der Waals surface area (Å²) in [5.74, 6) is -1.08. The number of aryl methyl sites for hydroxylation is 1. The first-order valence-electron chi connectivity index (χ1n) is 8.10. The molecule has 0 fully saturated rings. The number of nitro benzene ring substituents is 1. The minimum Gasteiger partial charge on any atom is -0.497 e. The summed E-state index contributed by atoms with van der Waals surface area (Å²) in [6.07, 6.45) is -0.349. The first-order chi connectivity index (χ1) is 12.7. The predicted octanol–water partition coefficient (Wildman–Crippen LogP) is 3.03. The normalized spacial score (nSPS) is 12.7. The van der Waals surface area contributed by atoms with Gasteiger partial charge in [0.1, 0.15) is 5.75 Å². The number of carbonyl (C=O) groups is 2. The number of amides is 1. The molecule has 8 nitrogen and oxygen atoms in total. The van der Waals surface area contributed by atoms with Gasteiger partial charge < -0.3 is 15.2 Å². The summed E-state index contributed by atoms with van der Waals surface area (Å²) >= 11 is 0. The highest BCUT2D eigenvalue weighted by Gasteiger charge is 2.32. The number of hydrogen-bond acceptors (Lipinski definition) is 5. The van der Waals surface area contributed by atoms with Crippen LogP contribution < -0.4 is 10.1 Å². The molecule has 2 aromatic carbocycles. The van der Waals surface area contributed by atoms with Crippen LogP contribution in [-0.4, -0.2) is 29.0 Å². The van der Waals surface area contributed by atoms with Crippen molar-refractivity contribution in [2.75, 3.05) is 7.11 Å². The summed E-state index contributed by atoms with van der Waals surface area (Å²) in [5, 5.41) is 23.0. The summed E-state index contributed by atoms with van der Waals surface area (Å²) in [7, 11) is 1.49. The monoisotopic (exact) mass is 372 g/mol. The minimum absolute atomic E-state index is 0.0901. The molecule has 0 aromatic heterocycles. The fourth-order valence-corrected chi connectivity index (χ4v) is 2.81. The number of nitrogens with zero attached hydrogens (tertiary/aromatic N) is 1. The Balaban J connectivity index is 2.37. The van der Waals surface area contributed by atoms with Gasteiger partial charge in [0, 0.05) is 17.2 Å². The summed E-state index contributed by atoms with van der Waals surface area (Å²) in [4.78, 5) is 34.5. The van der Waals surface area contributed by atoms with Crippen LogP contribution in [0, 0.1) is 17.0 Å². The van der Waals surface area contributed by atoms with Gasteiger partial charge in [-0.25, -0.2) is 0 Å². The lowest BCUT2D eigenvalue weighted by Gasteiger charge is -2.30. The Morgan fingerprint density at radius 2 is 1.96 bits per heavy atom. The van der Waals surface area contributed by atoms with Gasteiger partial charge in [0.15, 0.2) is 0 Å². The number of carboxylic acid groups (broad SMARTS) is 1. The SMILES string of the molecule is COc1cccc(C(C)(CC(=O)O)NC(=O)c2ccc([N+](=O)[O-])c(C)c2)c1. The quantitative estimate of drug-likeness (QED) is 0.569. The number of benzene rings is 2. The van der Waals surface area contributed by atoms with Crippen LogP contribution in [0.5, 0.6) is 5.75 Å². The number of methoxy groups -OCH3 is 1. The fourth-order valence-electron chi connectivity index (χ4n) is 2.81. The third kappa shape index (κ3) is 4.60. The third-order valence-electron chi connectivity index (χ3n) is 4.26. The molecule has 0 aliphatic carbocycles. The molecule has 0 spiro atoms. The van der Waals surface area contributed by atoms with E-state index in [2.05, 4.69) is 5.32 Å². The second-order valence-electron chi connectivity index (χ2n) is 6.35. The average Bonchev–Trinajstić information content (AvgIpc) is 2.60. The fraction of sp³-hybridized carbons (Fsp3) is 0.263. The van der Waals surface area contributed by atoms with E-state index in [1.54, 1.807) is 31.2 Å².